The molecule has 0 saturated carbocycles. The molecule has 0 N–H and O–H groups in total. The van der Waals surface area contributed by atoms with Gasteiger partial charge in [0, 0.05) is 5.56 Å². The summed E-state index contributed by atoms with van der Waals surface area (Å²) < 4.78 is 14.3. The van der Waals surface area contributed by atoms with Gasteiger partial charge < -0.3 is 0 Å². The van der Waals surface area contributed by atoms with E-state index >= 15 is 0 Å². The zero-order chi connectivity index (χ0) is 12.5. The van der Waals surface area contributed by atoms with Crippen LogP contribution in [0.3, 0.4) is 0 Å². The van der Waals surface area contributed by atoms with Crippen LogP contribution in [-0.4, -0.2) is 6.72 Å². The van der Waals surface area contributed by atoms with Gasteiger partial charge in [-0.2, -0.15) is 0 Å². The first-order chi connectivity index (χ1) is 7.40. The summed E-state index contributed by atoms with van der Waals surface area (Å²) in [5.41, 5.74) is 3.17. The highest BCUT2D eigenvalue weighted by Crippen LogP contribution is 2.36. The summed E-state index contributed by atoms with van der Waals surface area (Å²) in [6, 6.07) is 1.88. The molecule has 0 heterocycles. The number of hydrogen-bond acceptors (Lipinski definition) is 1. The smallest absolute Gasteiger partial charge is 0.132 e. The second kappa shape index (κ2) is 4.77. The summed E-state index contributed by atoms with van der Waals surface area (Å²) in [5, 5.41) is 0. The summed E-state index contributed by atoms with van der Waals surface area (Å²) in [5.74, 6) is 0.200. The van der Waals surface area contributed by atoms with Crippen molar-refractivity contribution >= 4 is 12.4 Å². The van der Waals surface area contributed by atoms with Crippen molar-refractivity contribution in [3.05, 3.63) is 28.6 Å². The molecule has 1 nitrogen and oxygen atoms in total. The lowest BCUT2D eigenvalue weighted by Crippen LogP contribution is -2.02. The van der Waals surface area contributed by atoms with Gasteiger partial charge in [-0.1, -0.05) is 33.8 Å². The predicted molar refractivity (Wildman–Crippen MR) is 68.5 cm³/mol. The third-order valence-corrected chi connectivity index (χ3v) is 2.85. The molecule has 1 aromatic rings. The van der Waals surface area contributed by atoms with E-state index in [-0.39, 0.29) is 17.7 Å². The Balaban J connectivity index is 3.59. The van der Waals surface area contributed by atoms with Crippen molar-refractivity contribution in [1.29, 1.82) is 0 Å². The second-order valence-corrected chi connectivity index (χ2v) is 4.83. The van der Waals surface area contributed by atoms with Crippen molar-refractivity contribution < 1.29 is 4.39 Å². The van der Waals surface area contributed by atoms with Gasteiger partial charge in [-0.3, -0.25) is 4.99 Å². The van der Waals surface area contributed by atoms with Gasteiger partial charge in [-0.25, -0.2) is 4.39 Å². The second-order valence-electron chi connectivity index (χ2n) is 4.83. The minimum absolute atomic E-state index is 0.113. The zero-order valence-corrected chi connectivity index (χ0v) is 10.8. The highest BCUT2D eigenvalue weighted by molar-refractivity contribution is 5.60. The molecule has 0 aliphatic carbocycles. The summed E-state index contributed by atoms with van der Waals surface area (Å²) in [4.78, 5) is 3.96. The molecule has 0 atom stereocenters. The van der Waals surface area contributed by atoms with Crippen LogP contribution in [0.1, 0.15) is 56.2 Å². The Morgan fingerprint density at radius 3 is 2.12 bits per heavy atom. The lowest BCUT2D eigenvalue weighted by atomic mass is 9.90. The summed E-state index contributed by atoms with van der Waals surface area (Å²) in [7, 11) is 0. The lowest BCUT2D eigenvalue weighted by molar-refractivity contribution is 0.572. The summed E-state index contributed by atoms with van der Waals surface area (Å²) in [6.07, 6.45) is 0. The molecule has 0 bridgehead atoms. The number of nitrogens with zero attached hydrogens (tertiary/aromatic N) is 1. The molecule has 16 heavy (non-hydrogen) atoms. The maximum Gasteiger partial charge on any atom is 0.132 e. The highest BCUT2D eigenvalue weighted by Gasteiger charge is 2.19. The van der Waals surface area contributed by atoms with Crippen LogP contribution in [0.5, 0.6) is 0 Å². The van der Waals surface area contributed by atoms with Gasteiger partial charge in [0.1, 0.15) is 5.82 Å². The topological polar surface area (TPSA) is 12.4 Å². The summed E-state index contributed by atoms with van der Waals surface area (Å²) >= 11 is 0. The van der Waals surface area contributed by atoms with E-state index in [1.807, 2.05) is 40.7 Å². The van der Waals surface area contributed by atoms with E-state index in [0.717, 1.165) is 11.1 Å². The molecule has 0 radical (unpaired) electrons. The fraction of sp³-hybridized carbons (Fsp3) is 0.500. The molecule has 0 aliphatic rings. The van der Waals surface area contributed by atoms with Gasteiger partial charge in [0.2, 0.25) is 0 Å². The average molecular weight is 221 g/mol. The van der Waals surface area contributed by atoms with Crippen molar-refractivity contribution in [3.8, 4) is 0 Å². The van der Waals surface area contributed by atoms with E-state index in [0.29, 0.717) is 11.3 Å². The molecule has 0 aromatic heterocycles. The van der Waals surface area contributed by atoms with Crippen molar-refractivity contribution in [2.75, 3.05) is 0 Å². The van der Waals surface area contributed by atoms with Crippen molar-refractivity contribution in [2.24, 2.45) is 4.99 Å². The van der Waals surface area contributed by atoms with Crippen LogP contribution in [-0.2, 0) is 0 Å². The van der Waals surface area contributed by atoms with Crippen LogP contribution in [0, 0.1) is 12.7 Å². The van der Waals surface area contributed by atoms with Crippen LogP contribution in [0.25, 0.3) is 0 Å². The third-order valence-electron chi connectivity index (χ3n) is 2.85. The van der Waals surface area contributed by atoms with E-state index in [9.17, 15) is 4.39 Å². The Bertz CT molecular complexity index is 406. The Labute approximate surface area is 97.4 Å². The van der Waals surface area contributed by atoms with Crippen molar-refractivity contribution in [1.82, 2.24) is 0 Å². The Morgan fingerprint density at radius 2 is 1.75 bits per heavy atom. The average Bonchev–Trinajstić information content (AvgIpc) is 2.19. The molecule has 0 aliphatic heterocycles. The molecule has 1 aromatic carbocycles. The third kappa shape index (κ3) is 2.16. The van der Waals surface area contributed by atoms with E-state index in [1.54, 1.807) is 0 Å². The molecule has 0 amide bonds. The fourth-order valence-electron chi connectivity index (χ4n) is 1.99. The van der Waals surface area contributed by atoms with Crippen LogP contribution in [0.4, 0.5) is 10.1 Å². The van der Waals surface area contributed by atoms with Crippen LogP contribution < -0.4 is 0 Å². The maximum atomic E-state index is 14.3. The van der Waals surface area contributed by atoms with E-state index in [2.05, 4.69) is 11.7 Å². The highest BCUT2D eigenvalue weighted by atomic mass is 19.1. The SMILES string of the molecule is C=Nc1c(C)cc(C(C)C)c(F)c1C(C)C. The van der Waals surface area contributed by atoms with Gasteiger partial charge in [-0.15, -0.1) is 0 Å². The molecule has 0 saturated heterocycles. The minimum atomic E-state index is -0.113. The van der Waals surface area contributed by atoms with Crippen molar-refractivity contribution in [2.45, 2.75) is 46.5 Å². The summed E-state index contributed by atoms with van der Waals surface area (Å²) in [6.45, 7) is 13.5. The minimum Gasteiger partial charge on any atom is -0.264 e. The molecule has 0 unspecified atom stereocenters. The van der Waals surface area contributed by atoms with Gasteiger partial charge in [0.25, 0.3) is 0 Å². The fourth-order valence-corrected chi connectivity index (χ4v) is 1.99. The van der Waals surface area contributed by atoms with Gasteiger partial charge >= 0.3 is 0 Å². The first kappa shape index (κ1) is 12.9. The molecule has 0 fully saturated rings. The van der Waals surface area contributed by atoms with Crippen LogP contribution in [0.2, 0.25) is 0 Å². The number of halogens is 1. The number of benzene rings is 1. The number of aliphatic imine (C=N–C) groups is 1. The van der Waals surface area contributed by atoms with Gasteiger partial charge in [0.15, 0.2) is 0 Å². The number of rotatable bonds is 3. The molecular formula is C14H20FN. The van der Waals surface area contributed by atoms with Crippen LogP contribution in [0.15, 0.2) is 11.1 Å². The number of hydrogen-bond donors (Lipinski definition) is 0. The Morgan fingerprint density at radius 1 is 1.19 bits per heavy atom. The standard InChI is InChI=1S/C14H20FN/c1-8(2)11-7-10(5)14(16-6)12(9(3)4)13(11)15/h7-9H,6H2,1-5H3. The van der Waals surface area contributed by atoms with E-state index in [1.165, 1.54) is 0 Å². The molecule has 88 valence electrons. The first-order valence-electron chi connectivity index (χ1n) is 5.69. The lowest BCUT2D eigenvalue weighted by Gasteiger charge is -2.18. The first-order valence-corrected chi connectivity index (χ1v) is 5.69. The van der Waals surface area contributed by atoms with E-state index in [4.69, 9.17) is 0 Å². The molecule has 2 heteroatoms. The van der Waals surface area contributed by atoms with E-state index < -0.39 is 0 Å². The van der Waals surface area contributed by atoms with Crippen molar-refractivity contribution in [3.63, 3.8) is 0 Å². The number of aryl methyl sites for hydroxylation is 1. The predicted octanol–water partition coefficient (Wildman–Crippen LogP) is 4.71. The normalized spacial score (nSPS) is 11.2. The Kier molecular flexibility index (Phi) is 3.84. The van der Waals surface area contributed by atoms with Gasteiger partial charge in [0.05, 0.1) is 5.69 Å². The van der Waals surface area contributed by atoms with Crippen LogP contribution >= 0.6 is 0 Å². The Hall–Kier alpha value is -1.18. The van der Waals surface area contributed by atoms with Gasteiger partial charge in [-0.05, 0) is 36.6 Å². The zero-order valence-electron chi connectivity index (χ0n) is 10.8. The molecular weight excluding hydrogens is 201 g/mol. The quantitative estimate of drug-likeness (QED) is 0.655. The molecule has 0 spiro atoms. The monoisotopic (exact) mass is 221 g/mol. The maximum absolute atomic E-state index is 14.3. The molecule has 1 rings (SSSR count). The largest absolute Gasteiger partial charge is 0.264 e.